The van der Waals surface area contributed by atoms with E-state index in [1.54, 1.807) is 19.4 Å². The first-order valence-electron chi connectivity index (χ1n) is 11.8. The predicted octanol–water partition coefficient (Wildman–Crippen LogP) is 6.62. The van der Waals surface area contributed by atoms with Crippen LogP contribution < -0.4 is 9.47 Å². The molecule has 0 aliphatic carbocycles. The first-order valence-corrected chi connectivity index (χ1v) is 11.8. The Balaban J connectivity index is 1.76. The van der Waals surface area contributed by atoms with Crippen molar-refractivity contribution in [2.45, 2.75) is 53.0 Å². The fraction of sp³-hybridized carbons (Fsp3) is 0.393. The van der Waals surface area contributed by atoms with Crippen LogP contribution in [0.4, 0.5) is 0 Å². The zero-order valence-corrected chi connectivity index (χ0v) is 20.2. The van der Waals surface area contributed by atoms with E-state index in [-0.39, 0.29) is 11.9 Å². The highest BCUT2D eigenvalue weighted by Crippen LogP contribution is 2.41. The first kappa shape index (κ1) is 23.0. The second kappa shape index (κ2) is 9.74. The van der Waals surface area contributed by atoms with Crippen molar-refractivity contribution >= 4 is 22.4 Å². The van der Waals surface area contributed by atoms with Crippen LogP contribution in [0.1, 0.15) is 51.2 Å². The summed E-state index contributed by atoms with van der Waals surface area (Å²) in [6.45, 7) is 9.54. The molecule has 0 radical (unpaired) electrons. The van der Waals surface area contributed by atoms with Crippen LogP contribution in [0.5, 0.6) is 11.5 Å². The number of allylic oxidation sites excluding steroid dienone is 1. The summed E-state index contributed by atoms with van der Waals surface area (Å²) >= 11 is 0. The number of fused-ring (bicyclic) bond motifs is 1. The third-order valence-electron chi connectivity index (χ3n) is 6.58. The van der Waals surface area contributed by atoms with Crippen molar-refractivity contribution in [1.29, 1.82) is 0 Å². The van der Waals surface area contributed by atoms with Crippen molar-refractivity contribution in [2.24, 2.45) is 0 Å². The molecule has 1 fully saturated rings. The van der Waals surface area contributed by atoms with Crippen LogP contribution >= 0.6 is 0 Å². The minimum Gasteiger partial charge on any atom is -0.496 e. The monoisotopic (exact) mass is 447 g/mol. The largest absolute Gasteiger partial charge is 0.496 e. The van der Waals surface area contributed by atoms with Gasteiger partial charge in [0.25, 0.3) is 0 Å². The third kappa shape index (κ3) is 4.50. The van der Waals surface area contributed by atoms with E-state index in [4.69, 9.17) is 13.9 Å². The minimum atomic E-state index is 0.0680. The highest BCUT2D eigenvalue weighted by molar-refractivity contribution is 6.01. The average molecular weight is 448 g/mol. The molecule has 0 saturated carbocycles. The van der Waals surface area contributed by atoms with E-state index in [9.17, 15) is 4.79 Å². The van der Waals surface area contributed by atoms with Crippen LogP contribution in [-0.2, 0) is 4.79 Å². The van der Waals surface area contributed by atoms with Crippen LogP contribution in [-0.4, -0.2) is 37.1 Å². The molecule has 5 heteroatoms. The van der Waals surface area contributed by atoms with Gasteiger partial charge in [-0.3, -0.25) is 4.79 Å². The van der Waals surface area contributed by atoms with E-state index < -0.39 is 0 Å². The Kier molecular flexibility index (Phi) is 6.77. The van der Waals surface area contributed by atoms with E-state index in [0.717, 1.165) is 69.7 Å². The second-order valence-electron chi connectivity index (χ2n) is 8.77. The Morgan fingerprint density at radius 2 is 2.00 bits per heavy atom. The first-order chi connectivity index (χ1) is 15.9. The lowest BCUT2D eigenvalue weighted by molar-refractivity contribution is -0.129. The maximum absolute atomic E-state index is 13.0. The van der Waals surface area contributed by atoms with Crippen molar-refractivity contribution in [2.75, 3.05) is 20.3 Å². The molecule has 174 valence electrons. The van der Waals surface area contributed by atoms with Crippen LogP contribution in [0.3, 0.4) is 0 Å². The summed E-state index contributed by atoms with van der Waals surface area (Å²) in [7, 11) is 1.66. The van der Waals surface area contributed by atoms with Gasteiger partial charge in [0, 0.05) is 40.7 Å². The number of nitrogens with zero attached hydrogens (tertiary/aromatic N) is 1. The van der Waals surface area contributed by atoms with Crippen molar-refractivity contribution in [3.8, 4) is 22.6 Å². The van der Waals surface area contributed by atoms with Gasteiger partial charge in [-0.05, 0) is 76.3 Å². The van der Waals surface area contributed by atoms with Crippen molar-refractivity contribution < 1.29 is 18.7 Å². The third-order valence-corrected chi connectivity index (χ3v) is 6.58. The number of benzene rings is 2. The zero-order valence-electron chi connectivity index (χ0n) is 20.2. The Bertz CT molecular complexity index is 1170. The smallest absolute Gasteiger partial charge is 0.247 e. The molecule has 2 heterocycles. The number of ether oxygens (including phenoxy) is 2. The van der Waals surface area contributed by atoms with Crippen LogP contribution in [0.2, 0.25) is 0 Å². The molecule has 33 heavy (non-hydrogen) atoms. The number of carbonyl (C=O) groups is 1. The van der Waals surface area contributed by atoms with Gasteiger partial charge in [-0.2, -0.15) is 0 Å². The summed E-state index contributed by atoms with van der Waals surface area (Å²) in [6, 6.07) is 10.4. The van der Waals surface area contributed by atoms with Gasteiger partial charge in [0.1, 0.15) is 17.1 Å². The van der Waals surface area contributed by atoms with Crippen LogP contribution in [0, 0.1) is 6.92 Å². The molecular weight excluding hydrogens is 414 g/mol. The number of rotatable bonds is 6. The Hall–Kier alpha value is -3.21. The maximum Gasteiger partial charge on any atom is 0.247 e. The molecule has 3 aromatic rings. The molecule has 1 aliphatic rings. The lowest BCUT2D eigenvalue weighted by Crippen LogP contribution is -2.41. The highest BCUT2D eigenvalue weighted by Gasteiger charge is 2.23. The van der Waals surface area contributed by atoms with Gasteiger partial charge < -0.3 is 18.8 Å². The molecule has 1 aliphatic heterocycles. The maximum atomic E-state index is 13.0. The molecule has 0 bridgehead atoms. The molecule has 1 saturated heterocycles. The number of methoxy groups -OCH3 is 1. The molecule has 2 aromatic carbocycles. The fourth-order valence-electron chi connectivity index (χ4n) is 4.76. The van der Waals surface area contributed by atoms with Crippen molar-refractivity contribution in [3.63, 3.8) is 0 Å². The molecule has 1 amide bonds. The summed E-state index contributed by atoms with van der Waals surface area (Å²) in [4.78, 5) is 15.0. The minimum absolute atomic E-state index is 0.0680. The molecule has 4 rings (SSSR count). The van der Waals surface area contributed by atoms with Crippen molar-refractivity contribution in [1.82, 2.24) is 4.90 Å². The van der Waals surface area contributed by atoms with Crippen molar-refractivity contribution in [3.05, 3.63) is 53.8 Å². The molecule has 5 nitrogen and oxygen atoms in total. The summed E-state index contributed by atoms with van der Waals surface area (Å²) in [5.41, 5.74) is 5.57. The Morgan fingerprint density at radius 1 is 1.24 bits per heavy atom. The Morgan fingerprint density at radius 3 is 2.67 bits per heavy atom. The Labute approximate surface area is 196 Å². The quantitative estimate of drug-likeness (QED) is 0.399. The van der Waals surface area contributed by atoms with Gasteiger partial charge in [-0.25, -0.2) is 0 Å². The molecular formula is C28H33NO4. The topological polar surface area (TPSA) is 51.9 Å². The summed E-state index contributed by atoms with van der Waals surface area (Å²) < 4.78 is 17.3. The van der Waals surface area contributed by atoms with Gasteiger partial charge >= 0.3 is 0 Å². The summed E-state index contributed by atoms with van der Waals surface area (Å²) in [6.07, 6.45) is 6.86. The molecule has 1 aromatic heterocycles. The predicted molar refractivity (Wildman–Crippen MR) is 133 cm³/mol. The van der Waals surface area contributed by atoms with E-state index >= 15 is 0 Å². The second-order valence-corrected chi connectivity index (χ2v) is 8.77. The summed E-state index contributed by atoms with van der Waals surface area (Å²) in [5.74, 6) is 1.65. The number of piperidine rings is 1. The number of aryl methyl sites for hydroxylation is 1. The zero-order chi connectivity index (χ0) is 23.5. The molecule has 1 atom stereocenters. The van der Waals surface area contributed by atoms with Gasteiger partial charge in [-0.1, -0.05) is 12.1 Å². The fourth-order valence-corrected chi connectivity index (χ4v) is 4.76. The number of furan rings is 1. The van der Waals surface area contributed by atoms with E-state index in [2.05, 4.69) is 13.0 Å². The van der Waals surface area contributed by atoms with Gasteiger partial charge in [-0.15, -0.1) is 0 Å². The molecule has 0 N–H and O–H groups in total. The number of likely N-dealkylation sites (tertiary alicyclic amines) is 1. The molecule has 1 unspecified atom stereocenters. The molecule has 0 spiro atoms. The lowest BCUT2D eigenvalue weighted by atomic mass is 9.96. The number of amides is 1. The number of hydrogen-bond acceptors (Lipinski definition) is 4. The standard InChI is InChI=1S/C28H33NO4/c1-6-32-22-12-10-21(11-13-22)25-17-33-28-20(4)27(31-5)23(16-24(25)28)18(2)15-26(30)29-14-8-7-9-19(29)3/h10-13,15-17,19H,6-9,14H2,1-5H3/b18-15+. The summed E-state index contributed by atoms with van der Waals surface area (Å²) in [5, 5.41) is 0.999. The van der Waals surface area contributed by atoms with E-state index in [0.29, 0.717) is 6.61 Å². The van der Waals surface area contributed by atoms with Gasteiger partial charge in [0.15, 0.2) is 0 Å². The van der Waals surface area contributed by atoms with Gasteiger partial charge in [0.05, 0.1) is 20.0 Å². The van der Waals surface area contributed by atoms with E-state index in [1.165, 1.54) is 6.42 Å². The van der Waals surface area contributed by atoms with Crippen LogP contribution in [0.25, 0.3) is 27.7 Å². The number of hydrogen-bond donors (Lipinski definition) is 0. The van der Waals surface area contributed by atoms with Crippen LogP contribution in [0.15, 0.2) is 47.1 Å². The SMILES string of the molecule is CCOc1ccc(-c2coc3c(C)c(OC)c(/C(C)=C/C(=O)N4CCCCC4C)cc23)cc1. The van der Waals surface area contributed by atoms with E-state index in [1.807, 2.05) is 49.9 Å². The highest BCUT2D eigenvalue weighted by atomic mass is 16.5. The average Bonchev–Trinajstić information content (AvgIpc) is 3.24. The van der Waals surface area contributed by atoms with Gasteiger partial charge in [0.2, 0.25) is 5.91 Å². The normalized spacial score (nSPS) is 16.8. The lowest BCUT2D eigenvalue weighted by Gasteiger charge is -2.32. The number of carbonyl (C=O) groups excluding carboxylic acids is 1.